The number of carbonyl (C=O) groups excluding carboxylic acids is 2. The van der Waals surface area contributed by atoms with E-state index in [0.717, 1.165) is 0 Å². The van der Waals surface area contributed by atoms with E-state index in [9.17, 15) is 19.5 Å². The Balaban J connectivity index is 1.35. The Morgan fingerprint density at radius 2 is 1.82 bits per heavy atom. The zero-order valence-electron chi connectivity index (χ0n) is 21.4. The van der Waals surface area contributed by atoms with Gasteiger partial charge in [-0.1, -0.05) is 18.2 Å². The number of anilines is 1. The number of Topliss-reactive ketones (excluding diaryl/α,β-unsaturated/α-hetero) is 1. The van der Waals surface area contributed by atoms with Gasteiger partial charge in [0.2, 0.25) is 5.96 Å². The van der Waals surface area contributed by atoms with Crippen LogP contribution < -0.4 is 21.4 Å². The smallest absolute Gasteiger partial charge is 0.353 e. The van der Waals surface area contributed by atoms with E-state index in [4.69, 9.17) is 16.4 Å². The molecule has 0 unspecified atom stereocenters. The van der Waals surface area contributed by atoms with Crippen LogP contribution in [0.25, 0.3) is 22.3 Å². The molecule has 1 saturated heterocycles. The quantitative estimate of drug-likeness (QED) is 0.0564. The number of H-pyrrole nitrogens is 2. The number of nitrogens with two attached hydrogens (primary N) is 2. The number of aromatic nitrogens is 4. The molecule has 0 saturated carbocycles. The van der Waals surface area contributed by atoms with E-state index in [1.165, 1.54) is 35.5 Å². The monoisotopic (exact) mass is 546 g/mol. The number of methoxy groups -OCH3 is 1. The molecule has 1 aromatic carbocycles. The predicted molar refractivity (Wildman–Crippen MR) is 144 cm³/mol. The number of ether oxygens (including phenoxy) is 1. The number of guanidine groups is 1. The van der Waals surface area contributed by atoms with Crippen molar-refractivity contribution in [2.24, 2.45) is 16.8 Å². The van der Waals surface area contributed by atoms with Crippen molar-refractivity contribution < 1.29 is 24.2 Å². The van der Waals surface area contributed by atoms with Gasteiger partial charge in [0.05, 0.1) is 35.5 Å². The van der Waals surface area contributed by atoms with Gasteiger partial charge in [0, 0.05) is 38.4 Å². The standard InChI is InChI=1S/C25H26N10O5/c1-40-18-13-29-20(16-11-17(24(38)39)32-31-16)21-19(18)15(12-28-21)22(36)23(37)33-7-9-34(10-8-33)25(30-26)35(27)14-5-3-2-4-6-14/h2-6,11-13,28H,7-10,26-27H2,1H3,(H,31,32)(H,38,39)/b30-25-. The van der Waals surface area contributed by atoms with E-state index in [-0.39, 0.29) is 41.5 Å². The molecule has 40 heavy (non-hydrogen) atoms. The molecule has 1 aliphatic heterocycles. The Morgan fingerprint density at radius 3 is 2.45 bits per heavy atom. The number of benzene rings is 1. The molecule has 0 aliphatic carbocycles. The van der Waals surface area contributed by atoms with Crippen LogP contribution in [0, 0.1) is 0 Å². The van der Waals surface area contributed by atoms with Crippen molar-refractivity contribution in [3.63, 3.8) is 0 Å². The van der Waals surface area contributed by atoms with Crippen molar-refractivity contribution >= 4 is 40.2 Å². The highest BCUT2D eigenvalue weighted by Crippen LogP contribution is 2.34. The van der Waals surface area contributed by atoms with Gasteiger partial charge < -0.3 is 30.5 Å². The third-order valence-corrected chi connectivity index (χ3v) is 6.60. The lowest BCUT2D eigenvalue weighted by atomic mass is 10.1. The van der Waals surface area contributed by atoms with E-state index in [1.807, 2.05) is 35.2 Å². The highest BCUT2D eigenvalue weighted by atomic mass is 16.5. The lowest BCUT2D eigenvalue weighted by molar-refractivity contribution is -0.127. The summed E-state index contributed by atoms with van der Waals surface area (Å²) in [5, 5.41) is 21.2. The van der Waals surface area contributed by atoms with Crippen LogP contribution in [0.2, 0.25) is 0 Å². The molecule has 15 nitrogen and oxygen atoms in total. The fourth-order valence-electron chi connectivity index (χ4n) is 4.57. The number of carbonyl (C=O) groups is 3. The van der Waals surface area contributed by atoms with Gasteiger partial charge in [-0.25, -0.2) is 20.6 Å². The number of fused-ring (bicyclic) bond motifs is 1. The number of pyridine rings is 1. The predicted octanol–water partition coefficient (Wildman–Crippen LogP) is 0.597. The van der Waals surface area contributed by atoms with E-state index < -0.39 is 17.7 Å². The number of rotatable bonds is 6. The number of aromatic carboxylic acids is 1. The second kappa shape index (κ2) is 10.7. The lowest BCUT2D eigenvalue weighted by Crippen LogP contribution is -2.57. The van der Waals surface area contributed by atoms with Gasteiger partial charge >= 0.3 is 5.97 Å². The summed E-state index contributed by atoms with van der Waals surface area (Å²) in [4.78, 5) is 48.6. The second-order valence-electron chi connectivity index (χ2n) is 8.84. The summed E-state index contributed by atoms with van der Waals surface area (Å²) < 4.78 is 5.42. The van der Waals surface area contributed by atoms with Crippen LogP contribution in [0.5, 0.6) is 5.75 Å². The summed E-state index contributed by atoms with van der Waals surface area (Å²) >= 11 is 0. The molecule has 5 rings (SSSR count). The first-order chi connectivity index (χ1) is 19.3. The minimum absolute atomic E-state index is 0.0957. The number of para-hydroxylation sites is 1. The van der Waals surface area contributed by atoms with Crippen LogP contribution in [0.4, 0.5) is 5.69 Å². The first kappa shape index (κ1) is 26.2. The minimum atomic E-state index is -1.18. The Morgan fingerprint density at radius 1 is 1.12 bits per heavy atom. The lowest BCUT2D eigenvalue weighted by Gasteiger charge is -2.38. The van der Waals surface area contributed by atoms with Gasteiger partial charge in [0.1, 0.15) is 22.8 Å². The number of nitrogens with one attached hydrogen (secondary N) is 2. The Hall–Kier alpha value is -5.44. The Bertz CT molecular complexity index is 1600. The third kappa shape index (κ3) is 4.64. The largest absolute Gasteiger partial charge is 0.494 e. The number of nitrogens with zero attached hydrogens (tertiary/aromatic N) is 6. The van der Waals surface area contributed by atoms with Crippen LogP contribution >= 0.6 is 0 Å². The number of hydrazone groups is 1. The van der Waals surface area contributed by atoms with Crippen LogP contribution in [0.3, 0.4) is 0 Å². The van der Waals surface area contributed by atoms with Crippen molar-refractivity contribution in [1.82, 2.24) is 30.0 Å². The maximum atomic E-state index is 13.4. The molecule has 15 heteroatoms. The summed E-state index contributed by atoms with van der Waals surface area (Å²) in [6.07, 6.45) is 2.80. The fourth-order valence-corrected chi connectivity index (χ4v) is 4.57. The summed E-state index contributed by atoms with van der Waals surface area (Å²) in [7, 11) is 1.42. The van der Waals surface area contributed by atoms with Crippen LogP contribution in [-0.4, -0.2) is 92.0 Å². The molecule has 7 N–H and O–H groups in total. The zero-order chi connectivity index (χ0) is 28.4. The van der Waals surface area contributed by atoms with E-state index >= 15 is 0 Å². The van der Waals surface area contributed by atoms with Crippen molar-refractivity contribution in [3.05, 3.63) is 60.0 Å². The van der Waals surface area contributed by atoms with Crippen molar-refractivity contribution in [2.45, 2.75) is 0 Å². The van der Waals surface area contributed by atoms with E-state index in [0.29, 0.717) is 35.6 Å². The summed E-state index contributed by atoms with van der Waals surface area (Å²) in [6, 6.07) is 10.5. The maximum absolute atomic E-state index is 13.4. The summed E-state index contributed by atoms with van der Waals surface area (Å²) in [5.41, 5.74) is 1.57. The number of piperazine rings is 1. The van der Waals surface area contributed by atoms with E-state index in [2.05, 4.69) is 25.3 Å². The summed E-state index contributed by atoms with van der Waals surface area (Å²) in [5.74, 6) is 9.85. The Labute approximate surface area is 227 Å². The summed E-state index contributed by atoms with van der Waals surface area (Å²) in [6.45, 7) is 1.19. The van der Waals surface area contributed by atoms with Gasteiger partial charge in [-0.05, 0) is 12.1 Å². The van der Waals surface area contributed by atoms with Gasteiger partial charge in [-0.2, -0.15) is 5.10 Å². The number of amides is 1. The first-order valence-electron chi connectivity index (χ1n) is 12.1. The molecule has 1 amide bonds. The second-order valence-corrected chi connectivity index (χ2v) is 8.84. The van der Waals surface area contributed by atoms with Crippen molar-refractivity contribution in [3.8, 4) is 17.1 Å². The van der Waals surface area contributed by atoms with E-state index in [1.54, 1.807) is 0 Å². The maximum Gasteiger partial charge on any atom is 0.353 e. The van der Waals surface area contributed by atoms with Gasteiger partial charge in [-0.15, -0.1) is 5.10 Å². The average molecular weight is 547 g/mol. The molecule has 1 aliphatic rings. The molecule has 0 atom stereocenters. The third-order valence-electron chi connectivity index (χ3n) is 6.60. The molecular formula is C25H26N10O5. The zero-order valence-corrected chi connectivity index (χ0v) is 21.4. The van der Waals surface area contributed by atoms with Crippen molar-refractivity contribution in [1.29, 1.82) is 0 Å². The number of aromatic amines is 2. The number of hydrazine groups is 1. The first-order valence-corrected chi connectivity index (χ1v) is 12.1. The van der Waals surface area contributed by atoms with Crippen molar-refractivity contribution in [2.75, 3.05) is 38.3 Å². The topological polar surface area (TPSA) is 212 Å². The molecule has 206 valence electrons. The van der Waals surface area contributed by atoms with Crippen LogP contribution in [0.15, 0.2) is 53.9 Å². The molecule has 0 radical (unpaired) electrons. The minimum Gasteiger partial charge on any atom is -0.494 e. The fraction of sp³-hybridized carbons (Fsp3) is 0.200. The molecule has 0 bridgehead atoms. The van der Waals surface area contributed by atoms with Crippen LogP contribution in [0.1, 0.15) is 20.8 Å². The number of hydrogen-bond donors (Lipinski definition) is 5. The SMILES string of the molecule is COc1cnc(-c2cc(C(=O)O)[nH]n2)c2[nH]cc(C(=O)C(=O)N3CCN(/C(=N/N)N(N)c4ccccc4)CC3)c12. The van der Waals surface area contributed by atoms with Gasteiger partial charge in [0.15, 0.2) is 0 Å². The number of carboxylic acid groups (broad SMARTS) is 1. The number of ketones is 1. The molecule has 0 spiro atoms. The normalized spacial score (nSPS) is 13.9. The molecular weight excluding hydrogens is 520 g/mol. The number of hydrogen-bond acceptors (Lipinski definition) is 9. The molecule has 4 heterocycles. The Kier molecular flexibility index (Phi) is 7.03. The van der Waals surface area contributed by atoms with Gasteiger partial charge in [-0.3, -0.25) is 14.7 Å². The molecule has 1 fully saturated rings. The highest BCUT2D eigenvalue weighted by Gasteiger charge is 2.32. The molecule has 4 aromatic rings. The highest BCUT2D eigenvalue weighted by molar-refractivity contribution is 6.45. The van der Waals surface area contributed by atoms with Gasteiger partial charge in [0.25, 0.3) is 11.7 Å². The van der Waals surface area contributed by atoms with Crippen LogP contribution in [-0.2, 0) is 4.79 Å². The average Bonchev–Trinajstić information content (AvgIpc) is 3.66. The number of carboxylic acids is 1. The molecule has 3 aromatic heterocycles.